The Balaban J connectivity index is 1.56. The molecular formula is C18H21FN4O3. The minimum absolute atomic E-state index is 0.0839. The Morgan fingerprint density at radius 2 is 1.88 bits per heavy atom. The van der Waals surface area contributed by atoms with Gasteiger partial charge in [-0.05, 0) is 19.1 Å². The minimum atomic E-state index is -1.12. The van der Waals surface area contributed by atoms with E-state index in [4.69, 9.17) is 5.11 Å². The van der Waals surface area contributed by atoms with E-state index in [0.29, 0.717) is 38.3 Å². The van der Waals surface area contributed by atoms with Crippen LogP contribution < -0.4 is 0 Å². The molecule has 1 unspecified atom stereocenters. The SMILES string of the molecule is CC(C(=O)N1CCN(Cc2ccccc2F)CC1)n1ccc(C(=O)O)n1. The van der Waals surface area contributed by atoms with Gasteiger partial charge in [-0.2, -0.15) is 5.10 Å². The highest BCUT2D eigenvalue weighted by Gasteiger charge is 2.27. The van der Waals surface area contributed by atoms with Crippen molar-refractivity contribution in [3.05, 3.63) is 53.6 Å². The summed E-state index contributed by atoms with van der Waals surface area (Å²) in [6, 6.07) is 7.51. The fraction of sp³-hybridized carbons (Fsp3) is 0.389. The maximum absolute atomic E-state index is 13.8. The average Bonchev–Trinajstić information content (AvgIpc) is 3.13. The number of carbonyl (C=O) groups is 2. The summed E-state index contributed by atoms with van der Waals surface area (Å²) in [7, 11) is 0. The van der Waals surface area contributed by atoms with Crippen LogP contribution in [-0.4, -0.2) is 62.7 Å². The fourth-order valence-electron chi connectivity index (χ4n) is 3.04. The van der Waals surface area contributed by atoms with Crippen molar-refractivity contribution < 1.29 is 19.1 Å². The summed E-state index contributed by atoms with van der Waals surface area (Å²) < 4.78 is 15.1. The number of rotatable bonds is 5. The van der Waals surface area contributed by atoms with E-state index in [2.05, 4.69) is 10.00 Å². The van der Waals surface area contributed by atoms with Crippen molar-refractivity contribution in [2.24, 2.45) is 0 Å². The molecule has 1 atom stereocenters. The molecule has 1 aliphatic heterocycles. The molecule has 138 valence electrons. The zero-order valence-corrected chi connectivity index (χ0v) is 14.5. The van der Waals surface area contributed by atoms with Gasteiger partial charge in [-0.1, -0.05) is 18.2 Å². The quantitative estimate of drug-likeness (QED) is 0.877. The van der Waals surface area contributed by atoms with E-state index in [0.717, 1.165) is 0 Å². The van der Waals surface area contributed by atoms with Crippen LogP contribution in [0.5, 0.6) is 0 Å². The summed E-state index contributed by atoms with van der Waals surface area (Å²) in [5, 5.41) is 12.9. The second kappa shape index (κ2) is 7.65. The van der Waals surface area contributed by atoms with Crippen molar-refractivity contribution in [3.63, 3.8) is 0 Å². The molecule has 2 aromatic rings. The number of piperazine rings is 1. The Morgan fingerprint density at radius 3 is 2.50 bits per heavy atom. The number of carboxylic acid groups (broad SMARTS) is 1. The molecule has 1 aromatic heterocycles. The number of carboxylic acids is 1. The number of aromatic nitrogens is 2. The summed E-state index contributed by atoms with van der Waals surface area (Å²) in [5.41, 5.74) is 0.567. The van der Waals surface area contributed by atoms with Crippen LogP contribution in [0.2, 0.25) is 0 Å². The molecule has 0 aliphatic carbocycles. The molecule has 26 heavy (non-hydrogen) atoms. The Bertz CT molecular complexity index is 799. The number of halogens is 1. The molecular weight excluding hydrogens is 339 g/mol. The van der Waals surface area contributed by atoms with Crippen molar-refractivity contribution in [2.45, 2.75) is 19.5 Å². The van der Waals surface area contributed by atoms with Crippen molar-refractivity contribution in [1.29, 1.82) is 0 Å². The zero-order valence-electron chi connectivity index (χ0n) is 14.5. The molecule has 1 aliphatic rings. The molecule has 2 heterocycles. The number of amides is 1. The van der Waals surface area contributed by atoms with E-state index in [9.17, 15) is 14.0 Å². The van der Waals surface area contributed by atoms with Gasteiger partial charge in [0.2, 0.25) is 5.91 Å². The maximum Gasteiger partial charge on any atom is 0.356 e. The largest absolute Gasteiger partial charge is 0.476 e. The molecule has 0 radical (unpaired) electrons. The maximum atomic E-state index is 13.8. The average molecular weight is 360 g/mol. The molecule has 0 saturated carbocycles. The van der Waals surface area contributed by atoms with Gasteiger partial charge in [0, 0.05) is 44.5 Å². The number of hydrogen-bond donors (Lipinski definition) is 1. The number of hydrogen-bond acceptors (Lipinski definition) is 4. The third-order valence-corrected chi connectivity index (χ3v) is 4.62. The van der Waals surface area contributed by atoms with Gasteiger partial charge in [-0.3, -0.25) is 14.4 Å². The smallest absolute Gasteiger partial charge is 0.356 e. The minimum Gasteiger partial charge on any atom is -0.476 e. The van der Waals surface area contributed by atoms with Gasteiger partial charge >= 0.3 is 5.97 Å². The Morgan fingerprint density at radius 1 is 1.19 bits per heavy atom. The lowest BCUT2D eigenvalue weighted by Gasteiger charge is -2.36. The van der Waals surface area contributed by atoms with Gasteiger partial charge in [0.05, 0.1) is 0 Å². The number of carbonyl (C=O) groups excluding carboxylic acids is 1. The van der Waals surface area contributed by atoms with Gasteiger partial charge < -0.3 is 10.0 Å². The summed E-state index contributed by atoms with van der Waals surface area (Å²) in [5.74, 6) is -1.44. The van der Waals surface area contributed by atoms with Crippen LogP contribution in [0.3, 0.4) is 0 Å². The molecule has 1 amide bonds. The van der Waals surface area contributed by atoms with Crippen LogP contribution in [0.25, 0.3) is 0 Å². The molecule has 1 saturated heterocycles. The highest BCUT2D eigenvalue weighted by molar-refractivity contribution is 5.85. The van der Waals surface area contributed by atoms with Crippen molar-refractivity contribution in [3.8, 4) is 0 Å². The van der Waals surface area contributed by atoms with Crippen LogP contribution in [-0.2, 0) is 11.3 Å². The second-order valence-electron chi connectivity index (χ2n) is 6.35. The first kappa shape index (κ1) is 18.1. The van der Waals surface area contributed by atoms with Crippen LogP contribution in [0, 0.1) is 5.82 Å². The molecule has 7 nitrogen and oxygen atoms in total. The monoisotopic (exact) mass is 360 g/mol. The van der Waals surface area contributed by atoms with E-state index >= 15 is 0 Å². The lowest BCUT2D eigenvalue weighted by molar-refractivity contribution is -0.136. The zero-order chi connectivity index (χ0) is 18.7. The van der Waals surface area contributed by atoms with Crippen LogP contribution in [0.1, 0.15) is 29.0 Å². The predicted molar refractivity (Wildman–Crippen MR) is 92.2 cm³/mol. The molecule has 1 aromatic carbocycles. The highest BCUT2D eigenvalue weighted by atomic mass is 19.1. The Kier molecular flexibility index (Phi) is 5.32. The van der Waals surface area contributed by atoms with Crippen molar-refractivity contribution >= 4 is 11.9 Å². The van der Waals surface area contributed by atoms with Crippen LogP contribution in [0.15, 0.2) is 36.5 Å². The lowest BCUT2D eigenvalue weighted by atomic mass is 10.1. The third-order valence-electron chi connectivity index (χ3n) is 4.62. The first-order valence-corrected chi connectivity index (χ1v) is 8.48. The first-order valence-electron chi connectivity index (χ1n) is 8.48. The molecule has 0 spiro atoms. The van der Waals surface area contributed by atoms with E-state index in [1.165, 1.54) is 23.0 Å². The van der Waals surface area contributed by atoms with Crippen molar-refractivity contribution in [2.75, 3.05) is 26.2 Å². The molecule has 0 bridgehead atoms. The van der Waals surface area contributed by atoms with E-state index in [1.54, 1.807) is 24.0 Å². The normalized spacial score (nSPS) is 16.5. The van der Waals surface area contributed by atoms with Crippen LogP contribution >= 0.6 is 0 Å². The van der Waals surface area contributed by atoms with E-state index < -0.39 is 12.0 Å². The van der Waals surface area contributed by atoms with Gasteiger partial charge in [0.1, 0.15) is 11.9 Å². The standard InChI is InChI=1S/C18H21FN4O3/c1-13(23-7-6-16(20-23)18(25)26)17(24)22-10-8-21(9-11-22)12-14-4-2-3-5-15(14)19/h2-7,13H,8-12H2,1H3,(H,25,26). The second-order valence-corrected chi connectivity index (χ2v) is 6.35. The first-order chi connectivity index (χ1) is 12.5. The van der Waals surface area contributed by atoms with Gasteiger partial charge in [-0.25, -0.2) is 9.18 Å². The summed E-state index contributed by atoms with van der Waals surface area (Å²) >= 11 is 0. The van der Waals surface area contributed by atoms with E-state index in [1.807, 2.05) is 6.07 Å². The van der Waals surface area contributed by atoms with Gasteiger partial charge in [0.15, 0.2) is 5.69 Å². The summed E-state index contributed by atoms with van der Waals surface area (Å²) in [6.07, 6.45) is 1.50. The van der Waals surface area contributed by atoms with Gasteiger partial charge in [-0.15, -0.1) is 0 Å². The Labute approximate surface area is 150 Å². The third kappa shape index (κ3) is 3.91. The van der Waals surface area contributed by atoms with Crippen molar-refractivity contribution in [1.82, 2.24) is 19.6 Å². The topological polar surface area (TPSA) is 78.7 Å². The summed E-state index contributed by atoms with van der Waals surface area (Å²) in [4.78, 5) is 27.4. The number of nitrogens with zero attached hydrogens (tertiary/aromatic N) is 4. The number of benzene rings is 1. The fourth-order valence-corrected chi connectivity index (χ4v) is 3.04. The molecule has 1 N–H and O–H groups in total. The molecule has 3 rings (SSSR count). The summed E-state index contributed by atoms with van der Waals surface area (Å²) in [6.45, 7) is 4.63. The molecule has 1 fully saturated rings. The number of aromatic carboxylic acids is 1. The van der Waals surface area contributed by atoms with E-state index in [-0.39, 0.29) is 17.4 Å². The lowest BCUT2D eigenvalue weighted by Crippen LogP contribution is -2.50. The predicted octanol–water partition coefficient (Wildman–Crippen LogP) is 1.63. The van der Waals surface area contributed by atoms with Gasteiger partial charge in [0.25, 0.3) is 0 Å². The Hall–Kier alpha value is -2.74. The highest BCUT2D eigenvalue weighted by Crippen LogP contribution is 2.15. The van der Waals surface area contributed by atoms with Crippen LogP contribution in [0.4, 0.5) is 4.39 Å². The molecule has 8 heteroatoms.